The van der Waals surface area contributed by atoms with E-state index in [1.54, 1.807) is 0 Å². The molecule has 2 aromatic carbocycles. The van der Waals surface area contributed by atoms with Crippen molar-refractivity contribution in [2.24, 2.45) is 0 Å². The zero-order valence-electron chi connectivity index (χ0n) is 34.8. The SMILES string of the molecule is C1=Cc2nc1cc1ccc([n-]1)c(-c1ccc3c(c1)OCCOCCOCCOCCO3)c1nc(cc3ccc([n-]3)c2-c2ccc3c(c2)OCCOCCOCCOCCO3)C=C1.[Co+2]. The van der Waals surface area contributed by atoms with Crippen molar-refractivity contribution in [3.63, 3.8) is 0 Å². The second-order valence-electron chi connectivity index (χ2n) is 14.5. The summed E-state index contributed by atoms with van der Waals surface area (Å²) in [5.74, 6) is 2.39. The Bertz CT molecular complexity index is 2380. The summed E-state index contributed by atoms with van der Waals surface area (Å²) in [6, 6.07) is 23.7. The maximum atomic E-state index is 6.26. The third-order valence-electron chi connectivity index (χ3n) is 10.2. The monoisotopic (exact) mass is 899 g/mol. The first-order chi connectivity index (χ1) is 30.7. The van der Waals surface area contributed by atoms with Crippen LogP contribution in [0.1, 0.15) is 22.8 Å². The van der Waals surface area contributed by atoms with Gasteiger partial charge in [-0.3, -0.25) is 0 Å². The average Bonchev–Trinajstić information content (AvgIpc) is 4.12. The van der Waals surface area contributed by atoms with Gasteiger partial charge >= 0.3 is 16.8 Å². The van der Waals surface area contributed by atoms with Gasteiger partial charge < -0.3 is 57.3 Å². The zero-order chi connectivity index (χ0) is 41.8. The van der Waals surface area contributed by atoms with Crippen molar-refractivity contribution in [2.75, 3.05) is 106 Å². The van der Waals surface area contributed by atoms with E-state index in [9.17, 15) is 0 Å². The van der Waals surface area contributed by atoms with Crippen LogP contribution in [-0.4, -0.2) is 116 Å². The van der Waals surface area contributed by atoms with Gasteiger partial charge in [0.1, 0.15) is 26.4 Å². The third-order valence-corrected chi connectivity index (χ3v) is 10.2. The standard InChI is InChI=1S/C48H48N4O10.Co/c1-11-43-45(61-27-23-57-19-15-53-13-17-55-21-25-59-43)29-33(1)47-39-7-3-35(49-39)31-37-5-9-41(51-37)48(42-10-6-38(52-42)32-36-4-8-40(47)50-36)34-2-12-44-46(30-34)62-28-24-58-20-16-54-14-18-56-22-26-60-44;/h1-12,29-32H,13-28H2;/q-2;+2. The molecule has 14 nitrogen and oxygen atoms in total. The molecule has 0 saturated carbocycles. The maximum absolute atomic E-state index is 6.26. The van der Waals surface area contributed by atoms with E-state index in [0.29, 0.717) is 129 Å². The topological polar surface area (TPSA) is 146 Å². The molecule has 4 aliphatic heterocycles. The van der Waals surface area contributed by atoms with E-state index in [0.717, 1.165) is 67.1 Å². The molecular formula is C48H48CoN4O10. The van der Waals surface area contributed by atoms with Gasteiger partial charge in [-0.25, -0.2) is 9.97 Å². The number of rotatable bonds is 2. The van der Waals surface area contributed by atoms with E-state index in [1.807, 2.05) is 97.1 Å². The summed E-state index contributed by atoms with van der Waals surface area (Å²) in [5, 5.41) is 0. The Morgan fingerprint density at radius 3 is 1.08 bits per heavy atom. The van der Waals surface area contributed by atoms with Crippen molar-refractivity contribution in [3.05, 3.63) is 95.6 Å². The molecule has 0 saturated heterocycles. The first kappa shape index (κ1) is 44.1. The summed E-state index contributed by atoms with van der Waals surface area (Å²) in [5.41, 5.74) is 9.45. The zero-order valence-corrected chi connectivity index (χ0v) is 35.8. The van der Waals surface area contributed by atoms with E-state index >= 15 is 0 Å². The fourth-order valence-corrected chi connectivity index (χ4v) is 7.26. The molecule has 1 radical (unpaired) electrons. The Morgan fingerprint density at radius 2 is 0.698 bits per heavy atom. The first-order valence-corrected chi connectivity index (χ1v) is 21.0. The molecule has 329 valence electrons. The van der Waals surface area contributed by atoms with Gasteiger partial charge in [0, 0.05) is 0 Å². The normalized spacial score (nSPS) is 17.0. The van der Waals surface area contributed by atoms with Crippen LogP contribution >= 0.6 is 0 Å². The van der Waals surface area contributed by atoms with Crippen LogP contribution in [0, 0.1) is 0 Å². The quantitative estimate of drug-likeness (QED) is 0.178. The predicted molar refractivity (Wildman–Crippen MR) is 235 cm³/mol. The second kappa shape index (κ2) is 22.2. The van der Waals surface area contributed by atoms with Crippen LogP contribution < -0.4 is 28.9 Å². The number of hydrogen-bond donors (Lipinski definition) is 0. The summed E-state index contributed by atoms with van der Waals surface area (Å²) in [6.07, 6.45) is 7.99. The van der Waals surface area contributed by atoms with Gasteiger partial charge in [-0.15, -0.1) is 22.1 Å². The summed E-state index contributed by atoms with van der Waals surface area (Å²) in [7, 11) is 0. The number of benzene rings is 2. The molecule has 0 N–H and O–H groups in total. The number of hydrogen-bond acceptors (Lipinski definition) is 12. The molecule has 8 bridgehead atoms. The van der Waals surface area contributed by atoms with Crippen molar-refractivity contribution in [3.8, 4) is 45.3 Å². The molecule has 4 aliphatic rings. The summed E-state index contributed by atoms with van der Waals surface area (Å²) >= 11 is 0. The van der Waals surface area contributed by atoms with Crippen LogP contribution in [0.4, 0.5) is 0 Å². The van der Waals surface area contributed by atoms with Gasteiger partial charge in [-0.05, 0) is 70.8 Å². The minimum atomic E-state index is 0. The molecule has 63 heavy (non-hydrogen) atoms. The van der Waals surface area contributed by atoms with Crippen molar-refractivity contribution in [2.45, 2.75) is 0 Å². The van der Waals surface area contributed by atoms with Crippen LogP contribution in [-0.2, 0) is 45.2 Å². The molecule has 9 rings (SSSR count). The minimum absolute atomic E-state index is 0. The molecule has 0 fully saturated rings. The van der Waals surface area contributed by atoms with Gasteiger partial charge in [0.25, 0.3) is 0 Å². The Morgan fingerprint density at radius 1 is 0.349 bits per heavy atom. The second-order valence-corrected chi connectivity index (χ2v) is 14.5. The summed E-state index contributed by atoms with van der Waals surface area (Å²) in [4.78, 5) is 20.4. The Kier molecular flexibility index (Phi) is 15.6. The number of ether oxygens (including phenoxy) is 10. The fourth-order valence-electron chi connectivity index (χ4n) is 7.26. The average molecular weight is 900 g/mol. The van der Waals surface area contributed by atoms with Gasteiger partial charge in [-0.2, -0.15) is 0 Å². The summed E-state index contributed by atoms with van der Waals surface area (Å²) < 4.78 is 58.7. The van der Waals surface area contributed by atoms with Gasteiger partial charge in [0.2, 0.25) is 0 Å². The third kappa shape index (κ3) is 11.6. The van der Waals surface area contributed by atoms with Crippen LogP contribution in [0.25, 0.3) is 68.6 Å². The molecule has 0 amide bonds. The van der Waals surface area contributed by atoms with E-state index in [1.165, 1.54) is 0 Å². The number of fused-ring (bicyclic) bond motifs is 10. The first-order valence-electron chi connectivity index (χ1n) is 21.0. The molecular weight excluding hydrogens is 851 g/mol. The molecule has 0 unspecified atom stereocenters. The molecule has 15 heteroatoms. The van der Waals surface area contributed by atoms with E-state index < -0.39 is 0 Å². The number of nitrogens with zero attached hydrogens (tertiary/aromatic N) is 4. The summed E-state index contributed by atoms with van der Waals surface area (Å²) in [6.45, 7) is 6.98. The Hall–Kier alpha value is -5.49. The maximum Gasteiger partial charge on any atom is 2.00 e. The minimum Gasteiger partial charge on any atom is -0.657 e. The molecule has 3 aromatic heterocycles. The van der Waals surface area contributed by atoms with Crippen molar-refractivity contribution in [1.29, 1.82) is 0 Å². The van der Waals surface area contributed by atoms with Gasteiger partial charge in [0.05, 0.1) is 102 Å². The van der Waals surface area contributed by atoms with Crippen LogP contribution in [0.3, 0.4) is 0 Å². The van der Waals surface area contributed by atoms with Gasteiger partial charge in [-0.1, -0.05) is 48.5 Å². The molecule has 0 atom stereocenters. The van der Waals surface area contributed by atoms with Crippen molar-refractivity contribution < 1.29 is 64.1 Å². The van der Waals surface area contributed by atoms with Crippen LogP contribution in [0.5, 0.6) is 23.0 Å². The van der Waals surface area contributed by atoms with Crippen molar-refractivity contribution in [1.82, 2.24) is 19.9 Å². The van der Waals surface area contributed by atoms with Gasteiger partial charge in [0.15, 0.2) is 23.0 Å². The van der Waals surface area contributed by atoms with E-state index in [2.05, 4.69) is 0 Å². The predicted octanol–water partition coefficient (Wildman–Crippen LogP) is 6.89. The van der Waals surface area contributed by atoms with E-state index in [4.69, 9.17) is 67.3 Å². The van der Waals surface area contributed by atoms with Crippen molar-refractivity contribution >= 4 is 46.4 Å². The molecule has 0 spiro atoms. The smallest absolute Gasteiger partial charge is 0.657 e. The van der Waals surface area contributed by atoms with Crippen LogP contribution in [0.15, 0.2) is 72.8 Å². The van der Waals surface area contributed by atoms with E-state index in [-0.39, 0.29) is 16.8 Å². The largest absolute Gasteiger partial charge is 2.00 e. The fraction of sp³-hybridized carbons (Fsp3) is 0.333. The molecule has 7 heterocycles. The Balaban J connectivity index is 0.00000544. The molecule has 5 aromatic rings. The Labute approximate surface area is 375 Å². The number of aromatic nitrogens is 4. The molecule has 0 aliphatic carbocycles. The van der Waals surface area contributed by atoms with Crippen LogP contribution in [0.2, 0.25) is 0 Å².